The number of H-pyrrole nitrogens is 1. The first-order valence-corrected chi connectivity index (χ1v) is 4.56. The highest BCUT2D eigenvalue weighted by atomic mass is 16.1. The van der Waals surface area contributed by atoms with Crippen molar-refractivity contribution >= 4 is 17.3 Å². The van der Waals surface area contributed by atoms with Crippen molar-refractivity contribution in [3.63, 3.8) is 0 Å². The quantitative estimate of drug-likeness (QED) is 0.649. The Morgan fingerprint density at radius 2 is 2.13 bits per heavy atom. The van der Waals surface area contributed by atoms with Gasteiger partial charge < -0.3 is 16.0 Å². The van der Waals surface area contributed by atoms with Gasteiger partial charge in [0, 0.05) is 17.6 Å². The number of carbonyl (C=O) groups is 1. The third-order valence-corrected chi connectivity index (χ3v) is 1.99. The molecular formula is C11H11N3O. The first-order chi connectivity index (χ1) is 7.25. The zero-order valence-electron chi connectivity index (χ0n) is 8.03. The second-order valence-corrected chi connectivity index (χ2v) is 3.16. The first kappa shape index (κ1) is 9.33. The van der Waals surface area contributed by atoms with Crippen molar-refractivity contribution in [2.45, 2.75) is 0 Å². The van der Waals surface area contributed by atoms with Crippen molar-refractivity contribution in [3.8, 4) is 0 Å². The van der Waals surface area contributed by atoms with Crippen molar-refractivity contribution in [3.05, 3.63) is 48.3 Å². The van der Waals surface area contributed by atoms with Crippen molar-refractivity contribution in [1.29, 1.82) is 0 Å². The molecule has 0 radical (unpaired) electrons. The molecule has 0 atom stereocenters. The molecule has 4 heteroatoms. The van der Waals surface area contributed by atoms with Crippen molar-refractivity contribution in [1.82, 2.24) is 4.98 Å². The highest BCUT2D eigenvalue weighted by Crippen LogP contribution is 2.12. The molecule has 0 fully saturated rings. The van der Waals surface area contributed by atoms with Gasteiger partial charge in [-0.2, -0.15) is 0 Å². The molecule has 0 spiro atoms. The van der Waals surface area contributed by atoms with Gasteiger partial charge in [-0.15, -0.1) is 0 Å². The van der Waals surface area contributed by atoms with Crippen LogP contribution >= 0.6 is 0 Å². The summed E-state index contributed by atoms with van der Waals surface area (Å²) in [7, 11) is 0. The molecule has 76 valence electrons. The maximum Gasteiger partial charge on any atom is 0.272 e. The van der Waals surface area contributed by atoms with E-state index in [0.29, 0.717) is 17.1 Å². The zero-order chi connectivity index (χ0) is 10.7. The molecule has 15 heavy (non-hydrogen) atoms. The molecule has 0 unspecified atom stereocenters. The fourth-order valence-corrected chi connectivity index (χ4v) is 1.29. The summed E-state index contributed by atoms with van der Waals surface area (Å²) in [6.45, 7) is 0. The number of aromatic amines is 1. The van der Waals surface area contributed by atoms with Gasteiger partial charge in [-0.25, -0.2) is 0 Å². The highest BCUT2D eigenvalue weighted by Gasteiger charge is 2.05. The average Bonchev–Trinajstić information content (AvgIpc) is 2.70. The van der Waals surface area contributed by atoms with E-state index in [1.807, 2.05) is 0 Å². The number of nitrogens with one attached hydrogen (secondary N) is 2. The Morgan fingerprint density at radius 1 is 1.27 bits per heavy atom. The lowest BCUT2D eigenvalue weighted by Gasteiger charge is -2.03. The van der Waals surface area contributed by atoms with E-state index < -0.39 is 0 Å². The van der Waals surface area contributed by atoms with Gasteiger partial charge in [-0.1, -0.05) is 6.07 Å². The molecule has 2 aromatic rings. The van der Waals surface area contributed by atoms with Gasteiger partial charge in [-0.05, 0) is 30.3 Å². The van der Waals surface area contributed by atoms with Crippen LogP contribution in [0.3, 0.4) is 0 Å². The number of hydrogen-bond acceptors (Lipinski definition) is 2. The van der Waals surface area contributed by atoms with E-state index in [2.05, 4.69) is 10.3 Å². The molecule has 0 aliphatic rings. The molecular weight excluding hydrogens is 190 g/mol. The van der Waals surface area contributed by atoms with Crippen LogP contribution < -0.4 is 11.1 Å². The highest BCUT2D eigenvalue weighted by molar-refractivity contribution is 6.03. The van der Waals surface area contributed by atoms with E-state index in [9.17, 15) is 4.79 Å². The van der Waals surface area contributed by atoms with Crippen LogP contribution in [0.4, 0.5) is 11.4 Å². The number of nitrogens with two attached hydrogens (primary N) is 1. The molecule has 0 saturated carbocycles. The summed E-state index contributed by atoms with van der Waals surface area (Å²) >= 11 is 0. The van der Waals surface area contributed by atoms with Crippen LogP contribution in [0.5, 0.6) is 0 Å². The lowest BCUT2D eigenvalue weighted by molar-refractivity contribution is 0.102. The molecule has 1 amide bonds. The Bertz CT molecular complexity index is 462. The van der Waals surface area contributed by atoms with Crippen molar-refractivity contribution < 1.29 is 4.79 Å². The van der Waals surface area contributed by atoms with Crippen molar-refractivity contribution in [2.75, 3.05) is 11.1 Å². The minimum Gasteiger partial charge on any atom is -0.399 e. The second kappa shape index (κ2) is 3.88. The Hall–Kier alpha value is -2.23. The van der Waals surface area contributed by atoms with Crippen LogP contribution in [-0.4, -0.2) is 10.9 Å². The van der Waals surface area contributed by atoms with Crippen LogP contribution in [0.1, 0.15) is 10.5 Å². The van der Waals surface area contributed by atoms with Gasteiger partial charge >= 0.3 is 0 Å². The molecule has 1 heterocycles. The number of amides is 1. The Labute approximate surface area is 87.1 Å². The summed E-state index contributed by atoms with van der Waals surface area (Å²) in [5.41, 5.74) is 7.43. The van der Waals surface area contributed by atoms with E-state index in [1.54, 1.807) is 42.6 Å². The standard InChI is InChI=1S/C11H11N3O/c12-8-3-1-4-9(7-8)14-11(15)10-5-2-6-13-10/h1-7,13H,12H2,(H,14,15). The van der Waals surface area contributed by atoms with E-state index in [-0.39, 0.29) is 5.91 Å². The molecule has 0 bridgehead atoms. The number of carbonyl (C=O) groups excluding carboxylic acids is 1. The summed E-state index contributed by atoms with van der Waals surface area (Å²) in [6.07, 6.45) is 1.70. The molecule has 1 aromatic heterocycles. The van der Waals surface area contributed by atoms with Crippen LogP contribution in [0, 0.1) is 0 Å². The molecule has 1 aromatic carbocycles. The molecule has 0 saturated heterocycles. The number of benzene rings is 1. The Balaban J connectivity index is 2.13. The van der Waals surface area contributed by atoms with Crippen LogP contribution in [-0.2, 0) is 0 Å². The maximum absolute atomic E-state index is 11.6. The summed E-state index contributed by atoms with van der Waals surface area (Å²) in [6, 6.07) is 10.5. The van der Waals surface area contributed by atoms with Gasteiger partial charge in [0.05, 0.1) is 0 Å². The van der Waals surface area contributed by atoms with Gasteiger partial charge in [0.25, 0.3) is 5.91 Å². The monoisotopic (exact) mass is 201 g/mol. The predicted molar refractivity (Wildman–Crippen MR) is 59.6 cm³/mol. The SMILES string of the molecule is Nc1cccc(NC(=O)c2ccc[nH]2)c1. The molecule has 4 nitrogen and oxygen atoms in total. The zero-order valence-corrected chi connectivity index (χ0v) is 8.03. The normalized spacial score (nSPS) is 9.87. The Kier molecular flexibility index (Phi) is 2.41. The van der Waals surface area contributed by atoms with Crippen molar-refractivity contribution in [2.24, 2.45) is 0 Å². The largest absolute Gasteiger partial charge is 0.399 e. The van der Waals surface area contributed by atoms with Crippen LogP contribution in [0.25, 0.3) is 0 Å². The summed E-state index contributed by atoms with van der Waals surface area (Å²) < 4.78 is 0. The first-order valence-electron chi connectivity index (χ1n) is 4.56. The lowest BCUT2D eigenvalue weighted by Crippen LogP contribution is -2.12. The molecule has 4 N–H and O–H groups in total. The summed E-state index contributed by atoms with van der Waals surface area (Å²) in [5, 5.41) is 2.73. The minimum absolute atomic E-state index is 0.175. The van der Waals surface area contributed by atoms with E-state index >= 15 is 0 Å². The fourth-order valence-electron chi connectivity index (χ4n) is 1.29. The van der Waals surface area contributed by atoms with E-state index in [4.69, 9.17) is 5.73 Å². The predicted octanol–water partition coefficient (Wildman–Crippen LogP) is 1.85. The number of nitrogen functional groups attached to an aromatic ring is 1. The summed E-state index contributed by atoms with van der Waals surface area (Å²) in [5.74, 6) is -0.175. The second-order valence-electron chi connectivity index (χ2n) is 3.16. The third-order valence-electron chi connectivity index (χ3n) is 1.99. The van der Waals surface area contributed by atoms with Gasteiger partial charge in [0.1, 0.15) is 5.69 Å². The van der Waals surface area contributed by atoms with Gasteiger partial charge in [0.2, 0.25) is 0 Å². The smallest absolute Gasteiger partial charge is 0.272 e. The topological polar surface area (TPSA) is 70.9 Å². The van der Waals surface area contributed by atoms with E-state index in [1.165, 1.54) is 0 Å². The lowest BCUT2D eigenvalue weighted by atomic mass is 10.3. The number of anilines is 2. The molecule has 0 aliphatic carbocycles. The Morgan fingerprint density at radius 3 is 2.80 bits per heavy atom. The molecule has 2 rings (SSSR count). The number of hydrogen-bond donors (Lipinski definition) is 3. The summed E-state index contributed by atoms with van der Waals surface area (Å²) in [4.78, 5) is 14.4. The minimum atomic E-state index is -0.175. The maximum atomic E-state index is 11.6. The van der Waals surface area contributed by atoms with Gasteiger partial charge in [0.15, 0.2) is 0 Å². The third kappa shape index (κ3) is 2.17. The van der Waals surface area contributed by atoms with Gasteiger partial charge in [-0.3, -0.25) is 4.79 Å². The molecule has 0 aliphatic heterocycles. The van der Waals surface area contributed by atoms with Crippen LogP contribution in [0.15, 0.2) is 42.6 Å². The number of aromatic nitrogens is 1. The van der Waals surface area contributed by atoms with Crippen LogP contribution in [0.2, 0.25) is 0 Å². The number of rotatable bonds is 2. The van der Waals surface area contributed by atoms with E-state index in [0.717, 1.165) is 0 Å². The fraction of sp³-hybridized carbons (Fsp3) is 0. The average molecular weight is 201 g/mol.